The molecule has 0 fully saturated rings. The molecule has 136 valence electrons. The van der Waals surface area contributed by atoms with Crippen LogP contribution in [0.25, 0.3) is 0 Å². The quantitative estimate of drug-likeness (QED) is 0.362. The number of ether oxygens (including phenoxy) is 1. The maximum Gasteiger partial charge on any atom is 0.303 e. The standard InChI is InChI=1S/C19H22N4O3/c20-22-11-14-4-6-15(7-5-14)13-26-18(8-9-19(24)25)17-3-1-2-16(10-17)12-23-21/h1-7,10-12,18H,8-9,13,20-21H2,(H,24,25). The molecule has 5 N–H and O–H groups in total. The fraction of sp³-hybridized carbons (Fsp3) is 0.211. The highest BCUT2D eigenvalue weighted by atomic mass is 16.5. The number of carbonyl (C=O) groups is 1. The van der Waals surface area contributed by atoms with Crippen LogP contribution in [-0.2, 0) is 16.1 Å². The lowest BCUT2D eigenvalue weighted by atomic mass is 10.0. The molecule has 0 aromatic heterocycles. The third-order valence-electron chi connectivity index (χ3n) is 3.78. The number of nitrogens with zero attached hydrogens (tertiary/aromatic N) is 2. The molecule has 0 saturated heterocycles. The molecule has 0 aliphatic rings. The fourth-order valence-corrected chi connectivity index (χ4v) is 2.51. The van der Waals surface area contributed by atoms with E-state index in [4.69, 9.17) is 21.5 Å². The lowest BCUT2D eigenvalue weighted by molar-refractivity contribution is -0.138. The van der Waals surface area contributed by atoms with Gasteiger partial charge in [-0.1, -0.05) is 42.5 Å². The SMILES string of the molecule is NN=Cc1ccc(COC(CCC(=O)O)c2cccc(C=NN)c2)cc1. The summed E-state index contributed by atoms with van der Waals surface area (Å²) in [4.78, 5) is 11.0. The third-order valence-corrected chi connectivity index (χ3v) is 3.78. The van der Waals surface area contributed by atoms with E-state index in [2.05, 4.69) is 10.2 Å². The first-order valence-electron chi connectivity index (χ1n) is 8.11. The van der Waals surface area contributed by atoms with Gasteiger partial charge in [-0.05, 0) is 34.7 Å². The number of aliphatic carboxylic acids is 1. The largest absolute Gasteiger partial charge is 0.481 e. The Kier molecular flexibility index (Phi) is 7.32. The summed E-state index contributed by atoms with van der Waals surface area (Å²) in [6.07, 6.45) is 3.14. The van der Waals surface area contributed by atoms with Crippen LogP contribution in [0.15, 0.2) is 58.7 Å². The van der Waals surface area contributed by atoms with E-state index in [0.29, 0.717) is 13.0 Å². The molecule has 7 heteroatoms. The maximum absolute atomic E-state index is 11.0. The van der Waals surface area contributed by atoms with Crippen LogP contribution < -0.4 is 11.7 Å². The topological polar surface area (TPSA) is 123 Å². The van der Waals surface area contributed by atoms with Crippen molar-refractivity contribution in [3.8, 4) is 0 Å². The molecule has 0 radical (unpaired) electrons. The average Bonchev–Trinajstić information content (AvgIpc) is 2.63. The van der Waals surface area contributed by atoms with E-state index in [1.807, 2.05) is 48.5 Å². The zero-order valence-electron chi connectivity index (χ0n) is 14.3. The Morgan fingerprint density at radius 1 is 1.08 bits per heavy atom. The van der Waals surface area contributed by atoms with E-state index in [-0.39, 0.29) is 12.5 Å². The van der Waals surface area contributed by atoms with Gasteiger partial charge in [0.25, 0.3) is 0 Å². The monoisotopic (exact) mass is 354 g/mol. The van der Waals surface area contributed by atoms with Gasteiger partial charge in [0.15, 0.2) is 0 Å². The Balaban J connectivity index is 2.11. The molecule has 2 aromatic rings. The van der Waals surface area contributed by atoms with Crippen molar-refractivity contribution in [3.63, 3.8) is 0 Å². The minimum atomic E-state index is -0.858. The molecule has 26 heavy (non-hydrogen) atoms. The molecule has 0 saturated carbocycles. The van der Waals surface area contributed by atoms with Crippen LogP contribution in [0.2, 0.25) is 0 Å². The summed E-state index contributed by atoms with van der Waals surface area (Å²) in [6.45, 7) is 0.361. The number of rotatable bonds is 9. The first-order chi connectivity index (χ1) is 12.6. The van der Waals surface area contributed by atoms with E-state index < -0.39 is 5.97 Å². The lowest BCUT2D eigenvalue weighted by Gasteiger charge is -2.18. The molecule has 2 rings (SSSR count). The molecule has 1 unspecified atom stereocenters. The first kappa shape index (κ1) is 19.1. The molecule has 0 spiro atoms. The zero-order chi connectivity index (χ0) is 18.8. The van der Waals surface area contributed by atoms with Gasteiger partial charge < -0.3 is 21.5 Å². The third kappa shape index (κ3) is 6.03. The van der Waals surface area contributed by atoms with Crippen LogP contribution >= 0.6 is 0 Å². The highest BCUT2D eigenvalue weighted by molar-refractivity contribution is 5.79. The van der Waals surface area contributed by atoms with Crippen molar-refractivity contribution in [2.75, 3.05) is 0 Å². The van der Waals surface area contributed by atoms with Crippen LogP contribution in [0, 0.1) is 0 Å². The Morgan fingerprint density at radius 2 is 1.77 bits per heavy atom. The summed E-state index contributed by atoms with van der Waals surface area (Å²) in [5, 5.41) is 16.0. The number of carboxylic acids is 1. The normalized spacial score (nSPS) is 12.6. The second-order valence-electron chi connectivity index (χ2n) is 5.70. The van der Waals surface area contributed by atoms with Gasteiger partial charge in [-0.25, -0.2) is 0 Å². The van der Waals surface area contributed by atoms with Crippen LogP contribution in [0.1, 0.15) is 41.2 Å². The number of hydrazone groups is 2. The van der Waals surface area contributed by atoms with Crippen molar-refractivity contribution < 1.29 is 14.6 Å². The summed E-state index contributed by atoms with van der Waals surface area (Å²) < 4.78 is 6.00. The number of benzene rings is 2. The average molecular weight is 354 g/mol. The predicted octanol–water partition coefficient (Wildman–Crippen LogP) is 2.39. The van der Waals surface area contributed by atoms with Gasteiger partial charge in [-0.3, -0.25) is 4.79 Å². The summed E-state index contributed by atoms with van der Waals surface area (Å²) in [7, 11) is 0. The van der Waals surface area contributed by atoms with E-state index in [1.165, 1.54) is 6.21 Å². The van der Waals surface area contributed by atoms with Crippen LogP contribution in [0.3, 0.4) is 0 Å². The van der Waals surface area contributed by atoms with Crippen molar-refractivity contribution in [3.05, 3.63) is 70.8 Å². The molecular formula is C19H22N4O3. The number of carboxylic acid groups (broad SMARTS) is 1. The van der Waals surface area contributed by atoms with Gasteiger partial charge >= 0.3 is 5.97 Å². The minimum absolute atomic E-state index is 0.0196. The Bertz CT molecular complexity index is 773. The highest BCUT2D eigenvalue weighted by Gasteiger charge is 2.15. The Morgan fingerprint density at radius 3 is 2.42 bits per heavy atom. The van der Waals surface area contributed by atoms with Crippen LogP contribution in [0.5, 0.6) is 0 Å². The van der Waals surface area contributed by atoms with E-state index in [9.17, 15) is 4.79 Å². The molecule has 0 amide bonds. The second-order valence-corrected chi connectivity index (χ2v) is 5.70. The van der Waals surface area contributed by atoms with E-state index in [1.54, 1.807) is 6.21 Å². The summed E-state index contributed by atoms with van der Waals surface area (Å²) in [6, 6.07) is 15.1. The highest BCUT2D eigenvalue weighted by Crippen LogP contribution is 2.25. The van der Waals surface area contributed by atoms with Crippen LogP contribution in [-0.4, -0.2) is 23.5 Å². The second kappa shape index (κ2) is 9.95. The van der Waals surface area contributed by atoms with Crippen molar-refractivity contribution in [2.24, 2.45) is 21.9 Å². The van der Waals surface area contributed by atoms with Gasteiger partial charge in [0.1, 0.15) is 0 Å². The van der Waals surface area contributed by atoms with Gasteiger partial charge in [0.05, 0.1) is 25.1 Å². The van der Waals surface area contributed by atoms with Gasteiger partial charge in [0.2, 0.25) is 0 Å². The first-order valence-corrected chi connectivity index (χ1v) is 8.11. The van der Waals surface area contributed by atoms with E-state index >= 15 is 0 Å². The summed E-state index contributed by atoms with van der Waals surface area (Å²) in [5.41, 5.74) is 3.58. The van der Waals surface area contributed by atoms with Crippen LogP contribution in [0.4, 0.5) is 0 Å². The molecule has 0 bridgehead atoms. The number of hydrogen-bond donors (Lipinski definition) is 3. The molecule has 0 aliphatic heterocycles. The molecule has 7 nitrogen and oxygen atoms in total. The fourth-order valence-electron chi connectivity index (χ4n) is 2.51. The van der Waals surface area contributed by atoms with E-state index in [0.717, 1.165) is 22.3 Å². The van der Waals surface area contributed by atoms with Crippen molar-refractivity contribution in [1.29, 1.82) is 0 Å². The summed E-state index contributed by atoms with van der Waals surface area (Å²) in [5.74, 6) is 9.47. The molecule has 1 atom stereocenters. The lowest BCUT2D eigenvalue weighted by Crippen LogP contribution is -2.08. The number of hydrogen-bond acceptors (Lipinski definition) is 6. The predicted molar refractivity (Wildman–Crippen MR) is 101 cm³/mol. The Labute approximate surface area is 152 Å². The summed E-state index contributed by atoms with van der Waals surface area (Å²) >= 11 is 0. The Hall–Kier alpha value is -3.19. The van der Waals surface area contributed by atoms with Crippen molar-refractivity contribution in [2.45, 2.75) is 25.6 Å². The van der Waals surface area contributed by atoms with Crippen molar-refractivity contribution in [1.82, 2.24) is 0 Å². The number of nitrogens with two attached hydrogens (primary N) is 2. The van der Waals surface area contributed by atoms with Crippen molar-refractivity contribution >= 4 is 18.4 Å². The molecule has 2 aromatic carbocycles. The molecule has 0 aliphatic carbocycles. The van der Waals surface area contributed by atoms with Gasteiger partial charge in [-0.2, -0.15) is 10.2 Å². The zero-order valence-corrected chi connectivity index (χ0v) is 14.3. The molecular weight excluding hydrogens is 332 g/mol. The molecule has 0 heterocycles. The van der Waals surface area contributed by atoms with Gasteiger partial charge in [-0.15, -0.1) is 0 Å². The maximum atomic E-state index is 11.0. The van der Waals surface area contributed by atoms with Gasteiger partial charge in [0, 0.05) is 6.42 Å². The smallest absolute Gasteiger partial charge is 0.303 e. The minimum Gasteiger partial charge on any atom is -0.481 e.